The molecule has 0 spiro atoms. The standard InChI is InChI=1S/C13H17ClN2O2/c1-8-4-12(18-3)10(14)6-11(8)16-7-9(15-2)5-13(16)17/h4,6,9,15H,5,7H2,1-3H3. The third-order valence-corrected chi connectivity index (χ3v) is 3.59. The summed E-state index contributed by atoms with van der Waals surface area (Å²) in [5.74, 6) is 0.758. The molecular weight excluding hydrogens is 252 g/mol. The van der Waals surface area contributed by atoms with Crippen LogP contribution in [-0.2, 0) is 4.79 Å². The molecule has 1 heterocycles. The Labute approximate surface area is 112 Å². The highest BCUT2D eigenvalue weighted by Crippen LogP contribution is 2.34. The highest BCUT2D eigenvalue weighted by atomic mass is 35.5. The Morgan fingerprint density at radius 1 is 1.50 bits per heavy atom. The minimum Gasteiger partial charge on any atom is -0.495 e. The van der Waals surface area contributed by atoms with Crippen molar-refractivity contribution in [2.75, 3.05) is 25.6 Å². The Bertz CT molecular complexity index is 476. The Balaban J connectivity index is 2.34. The van der Waals surface area contributed by atoms with Gasteiger partial charge in [-0.25, -0.2) is 0 Å². The molecule has 1 aliphatic heterocycles. The zero-order valence-corrected chi connectivity index (χ0v) is 11.5. The van der Waals surface area contributed by atoms with Gasteiger partial charge in [0.15, 0.2) is 0 Å². The summed E-state index contributed by atoms with van der Waals surface area (Å²) in [6.45, 7) is 2.63. The van der Waals surface area contributed by atoms with Crippen LogP contribution in [0.1, 0.15) is 12.0 Å². The van der Waals surface area contributed by atoms with Crippen LogP contribution in [0.3, 0.4) is 0 Å². The molecule has 98 valence electrons. The summed E-state index contributed by atoms with van der Waals surface area (Å²) in [5, 5.41) is 3.66. The van der Waals surface area contributed by atoms with E-state index in [1.165, 1.54) is 0 Å². The number of carbonyl (C=O) groups excluding carboxylic acids is 1. The van der Waals surface area contributed by atoms with Gasteiger partial charge in [-0.1, -0.05) is 11.6 Å². The molecule has 4 nitrogen and oxygen atoms in total. The van der Waals surface area contributed by atoms with Crippen molar-refractivity contribution in [1.82, 2.24) is 5.32 Å². The van der Waals surface area contributed by atoms with Gasteiger partial charge < -0.3 is 15.0 Å². The summed E-state index contributed by atoms with van der Waals surface area (Å²) < 4.78 is 5.16. The molecule has 1 aliphatic rings. The van der Waals surface area contributed by atoms with Gasteiger partial charge in [0.2, 0.25) is 5.91 Å². The SMILES string of the molecule is CNC1CC(=O)N(c2cc(Cl)c(OC)cc2C)C1. The molecule has 0 bridgehead atoms. The van der Waals surface area contributed by atoms with Gasteiger partial charge in [-0.05, 0) is 31.7 Å². The number of aryl methyl sites for hydroxylation is 1. The van der Waals surface area contributed by atoms with E-state index in [-0.39, 0.29) is 11.9 Å². The fraction of sp³-hybridized carbons (Fsp3) is 0.462. The summed E-state index contributed by atoms with van der Waals surface area (Å²) in [6.07, 6.45) is 0.527. The zero-order valence-electron chi connectivity index (χ0n) is 10.8. The lowest BCUT2D eigenvalue weighted by atomic mass is 10.1. The van der Waals surface area contributed by atoms with E-state index in [0.717, 1.165) is 11.3 Å². The van der Waals surface area contributed by atoms with Gasteiger partial charge in [-0.15, -0.1) is 0 Å². The second-order valence-corrected chi connectivity index (χ2v) is 4.87. The molecule has 2 rings (SSSR count). The molecule has 1 N–H and O–H groups in total. The van der Waals surface area contributed by atoms with Gasteiger partial charge >= 0.3 is 0 Å². The van der Waals surface area contributed by atoms with Crippen molar-refractivity contribution in [3.63, 3.8) is 0 Å². The molecule has 1 unspecified atom stereocenters. The van der Waals surface area contributed by atoms with Crippen molar-refractivity contribution in [2.45, 2.75) is 19.4 Å². The van der Waals surface area contributed by atoms with Crippen molar-refractivity contribution >= 4 is 23.2 Å². The number of carbonyl (C=O) groups is 1. The number of hydrogen-bond donors (Lipinski definition) is 1. The Morgan fingerprint density at radius 3 is 2.78 bits per heavy atom. The molecule has 1 fully saturated rings. The lowest BCUT2D eigenvalue weighted by molar-refractivity contribution is -0.117. The number of benzene rings is 1. The number of likely N-dealkylation sites (N-methyl/N-ethyl adjacent to an activating group) is 1. The highest BCUT2D eigenvalue weighted by Gasteiger charge is 2.30. The minimum atomic E-state index is 0.124. The molecule has 1 aromatic carbocycles. The van der Waals surface area contributed by atoms with E-state index in [1.807, 2.05) is 20.0 Å². The van der Waals surface area contributed by atoms with E-state index in [4.69, 9.17) is 16.3 Å². The van der Waals surface area contributed by atoms with Crippen LogP contribution in [0.4, 0.5) is 5.69 Å². The average Bonchev–Trinajstić information content (AvgIpc) is 2.73. The first kappa shape index (κ1) is 13.2. The van der Waals surface area contributed by atoms with Gasteiger partial charge in [-0.2, -0.15) is 0 Å². The number of nitrogens with zero attached hydrogens (tertiary/aromatic N) is 1. The van der Waals surface area contributed by atoms with Gasteiger partial charge in [0.1, 0.15) is 5.75 Å². The zero-order chi connectivity index (χ0) is 13.3. The number of hydrogen-bond acceptors (Lipinski definition) is 3. The number of halogens is 1. The molecule has 18 heavy (non-hydrogen) atoms. The van der Waals surface area contributed by atoms with E-state index in [1.54, 1.807) is 18.1 Å². The second-order valence-electron chi connectivity index (χ2n) is 4.47. The third kappa shape index (κ3) is 2.31. The Morgan fingerprint density at radius 2 is 2.22 bits per heavy atom. The van der Waals surface area contributed by atoms with Gasteiger partial charge in [0, 0.05) is 24.7 Å². The van der Waals surface area contributed by atoms with Crippen molar-refractivity contribution in [1.29, 1.82) is 0 Å². The van der Waals surface area contributed by atoms with E-state index >= 15 is 0 Å². The third-order valence-electron chi connectivity index (χ3n) is 3.29. The van der Waals surface area contributed by atoms with E-state index in [2.05, 4.69) is 5.32 Å². The van der Waals surface area contributed by atoms with Crippen LogP contribution in [-0.4, -0.2) is 32.7 Å². The summed E-state index contributed by atoms with van der Waals surface area (Å²) in [6, 6.07) is 3.86. The topological polar surface area (TPSA) is 41.6 Å². The van der Waals surface area contributed by atoms with Crippen LogP contribution in [0, 0.1) is 6.92 Å². The predicted molar refractivity (Wildman–Crippen MR) is 72.6 cm³/mol. The summed E-state index contributed by atoms with van der Waals surface area (Å²) >= 11 is 6.12. The molecule has 0 aromatic heterocycles. The number of anilines is 1. The summed E-state index contributed by atoms with van der Waals surface area (Å²) in [4.78, 5) is 13.8. The first-order valence-corrected chi connectivity index (χ1v) is 6.26. The molecule has 5 heteroatoms. The molecule has 1 amide bonds. The van der Waals surface area contributed by atoms with Gasteiger partial charge in [0.05, 0.1) is 12.1 Å². The van der Waals surface area contributed by atoms with Gasteiger partial charge in [-0.3, -0.25) is 4.79 Å². The monoisotopic (exact) mass is 268 g/mol. The number of nitrogens with one attached hydrogen (secondary N) is 1. The lowest BCUT2D eigenvalue weighted by Crippen LogP contribution is -2.30. The van der Waals surface area contributed by atoms with Crippen LogP contribution >= 0.6 is 11.6 Å². The molecule has 0 saturated carbocycles. The maximum Gasteiger partial charge on any atom is 0.228 e. The Kier molecular flexibility index (Phi) is 3.78. The van der Waals surface area contributed by atoms with E-state index in [9.17, 15) is 4.79 Å². The number of amides is 1. The van der Waals surface area contributed by atoms with Crippen LogP contribution in [0.15, 0.2) is 12.1 Å². The maximum absolute atomic E-state index is 12.0. The van der Waals surface area contributed by atoms with Gasteiger partial charge in [0.25, 0.3) is 0 Å². The van der Waals surface area contributed by atoms with Crippen molar-refractivity contribution in [2.24, 2.45) is 0 Å². The quantitative estimate of drug-likeness (QED) is 0.912. The van der Waals surface area contributed by atoms with E-state index in [0.29, 0.717) is 23.7 Å². The minimum absolute atomic E-state index is 0.124. The van der Waals surface area contributed by atoms with Crippen LogP contribution in [0.25, 0.3) is 0 Å². The van der Waals surface area contributed by atoms with Crippen LogP contribution in [0.5, 0.6) is 5.75 Å². The molecule has 0 radical (unpaired) electrons. The lowest BCUT2D eigenvalue weighted by Gasteiger charge is -2.20. The first-order chi connectivity index (χ1) is 8.56. The largest absolute Gasteiger partial charge is 0.495 e. The predicted octanol–water partition coefficient (Wildman–Crippen LogP) is 1.98. The smallest absolute Gasteiger partial charge is 0.228 e. The average molecular weight is 269 g/mol. The number of methoxy groups -OCH3 is 1. The van der Waals surface area contributed by atoms with Crippen LogP contribution in [0.2, 0.25) is 5.02 Å². The number of ether oxygens (including phenoxy) is 1. The maximum atomic E-state index is 12.0. The Hall–Kier alpha value is -1.26. The molecular formula is C13H17ClN2O2. The van der Waals surface area contributed by atoms with E-state index < -0.39 is 0 Å². The number of rotatable bonds is 3. The molecule has 1 aromatic rings. The van der Waals surface area contributed by atoms with Crippen molar-refractivity contribution in [3.05, 3.63) is 22.7 Å². The fourth-order valence-electron chi connectivity index (χ4n) is 2.23. The van der Waals surface area contributed by atoms with Crippen LogP contribution < -0.4 is 15.0 Å². The van der Waals surface area contributed by atoms with Crippen molar-refractivity contribution in [3.8, 4) is 5.75 Å². The molecule has 1 atom stereocenters. The molecule has 1 saturated heterocycles. The first-order valence-electron chi connectivity index (χ1n) is 5.88. The highest BCUT2D eigenvalue weighted by molar-refractivity contribution is 6.32. The summed E-state index contributed by atoms with van der Waals surface area (Å²) in [5.41, 5.74) is 1.85. The summed E-state index contributed by atoms with van der Waals surface area (Å²) in [7, 11) is 3.45. The second kappa shape index (κ2) is 5.16. The molecule has 0 aliphatic carbocycles. The fourth-order valence-corrected chi connectivity index (χ4v) is 2.46. The normalized spacial score (nSPS) is 19.4. The van der Waals surface area contributed by atoms with Crippen molar-refractivity contribution < 1.29 is 9.53 Å².